The molecule has 17 heavy (non-hydrogen) atoms. The van der Waals surface area contributed by atoms with Gasteiger partial charge in [-0.05, 0) is 62.8 Å². The van der Waals surface area contributed by atoms with Gasteiger partial charge >= 0.3 is 0 Å². The van der Waals surface area contributed by atoms with E-state index in [2.05, 4.69) is 4.98 Å². The van der Waals surface area contributed by atoms with Gasteiger partial charge in [0.2, 0.25) is 0 Å². The molecule has 0 aliphatic carbocycles. The number of hydrogen-bond donors (Lipinski definition) is 1. The van der Waals surface area contributed by atoms with E-state index in [-0.39, 0.29) is 5.60 Å². The molecule has 0 unspecified atom stereocenters. The first-order valence-electron chi connectivity index (χ1n) is 5.41. The summed E-state index contributed by atoms with van der Waals surface area (Å²) in [4.78, 5) is 3.15. The van der Waals surface area contributed by atoms with Crippen molar-refractivity contribution in [1.29, 1.82) is 0 Å². The normalized spacial score (nSPS) is 11.5. The van der Waals surface area contributed by atoms with Crippen LogP contribution in [0.15, 0.2) is 29.6 Å². The van der Waals surface area contributed by atoms with Crippen molar-refractivity contribution in [2.24, 2.45) is 0 Å². The minimum atomic E-state index is -0.163. The van der Waals surface area contributed by atoms with Crippen LogP contribution in [0.25, 0.3) is 11.3 Å². The summed E-state index contributed by atoms with van der Waals surface area (Å²) >= 11 is 6.61. The molecule has 2 rings (SSSR count). The topological polar surface area (TPSA) is 25.0 Å². The van der Waals surface area contributed by atoms with Gasteiger partial charge in [-0.15, -0.1) is 11.3 Å². The number of thiazole rings is 1. The first-order chi connectivity index (χ1) is 7.94. The Morgan fingerprint density at radius 3 is 2.29 bits per heavy atom. The van der Waals surface area contributed by atoms with Gasteiger partial charge in [-0.25, -0.2) is 0 Å². The maximum Gasteiger partial charge on any atom is 0.158 e. The van der Waals surface area contributed by atoms with E-state index in [4.69, 9.17) is 17.0 Å². The van der Waals surface area contributed by atoms with E-state index >= 15 is 0 Å². The molecule has 0 aliphatic heterocycles. The summed E-state index contributed by atoms with van der Waals surface area (Å²) in [6.45, 7) is 6.12. The molecule has 1 aromatic heterocycles. The van der Waals surface area contributed by atoms with Crippen LogP contribution in [-0.4, -0.2) is 10.6 Å². The van der Waals surface area contributed by atoms with Crippen LogP contribution in [0.2, 0.25) is 0 Å². The van der Waals surface area contributed by atoms with Crippen LogP contribution in [0.3, 0.4) is 0 Å². The monoisotopic (exact) mass is 265 g/mol. The Morgan fingerprint density at radius 2 is 1.82 bits per heavy atom. The lowest BCUT2D eigenvalue weighted by Gasteiger charge is -2.21. The van der Waals surface area contributed by atoms with Gasteiger partial charge in [0.05, 0.1) is 5.69 Å². The quantitative estimate of drug-likeness (QED) is 0.799. The third-order valence-corrected chi connectivity index (χ3v) is 3.17. The van der Waals surface area contributed by atoms with Gasteiger partial charge < -0.3 is 9.72 Å². The highest BCUT2D eigenvalue weighted by Gasteiger charge is 2.11. The van der Waals surface area contributed by atoms with Crippen molar-refractivity contribution in [3.63, 3.8) is 0 Å². The zero-order valence-corrected chi connectivity index (χ0v) is 11.7. The minimum absolute atomic E-state index is 0.163. The van der Waals surface area contributed by atoms with E-state index in [1.807, 2.05) is 50.4 Å². The summed E-state index contributed by atoms with van der Waals surface area (Å²) < 4.78 is 6.57. The molecule has 90 valence electrons. The van der Waals surface area contributed by atoms with Crippen molar-refractivity contribution >= 4 is 23.6 Å². The molecule has 1 N–H and O–H groups in total. The molecule has 0 saturated heterocycles. The van der Waals surface area contributed by atoms with Gasteiger partial charge in [-0.1, -0.05) is 0 Å². The summed E-state index contributed by atoms with van der Waals surface area (Å²) in [6, 6.07) is 8.03. The Hall–Kier alpha value is -1.13. The van der Waals surface area contributed by atoms with Crippen LogP contribution < -0.4 is 4.74 Å². The molecular weight excluding hydrogens is 250 g/mol. The highest BCUT2D eigenvalue weighted by atomic mass is 32.1. The summed E-state index contributed by atoms with van der Waals surface area (Å²) in [5, 5.41) is 2.03. The second-order valence-electron chi connectivity index (χ2n) is 4.80. The molecule has 4 heteroatoms. The van der Waals surface area contributed by atoms with Crippen LogP contribution in [0.5, 0.6) is 5.75 Å². The van der Waals surface area contributed by atoms with E-state index in [9.17, 15) is 0 Å². The first kappa shape index (κ1) is 12.3. The van der Waals surface area contributed by atoms with Gasteiger partial charge in [0.25, 0.3) is 0 Å². The molecule has 1 aromatic carbocycles. The first-order valence-corrected chi connectivity index (χ1v) is 6.70. The van der Waals surface area contributed by atoms with E-state index < -0.39 is 0 Å². The third kappa shape index (κ3) is 3.41. The molecule has 2 nitrogen and oxygen atoms in total. The van der Waals surface area contributed by atoms with Crippen molar-refractivity contribution in [3.05, 3.63) is 33.6 Å². The maximum absolute atomic E-state index is 5.77. The smallest absolute Gasteiger partial charge is 0.158 e. The lowest BCUT2D eigenvalue weighted by atomic mass is 10.1. The van der Waals surface area contributed by atoms with Gasteiger partial charge in [-0.2, -0.15) is 0 Å². The number of aromatic amines is 1. The largest absolute Gasteiger partial charge is 0.488 e. The number of aromatic nitrogens is 1. The lowest BCUT2D eigenvalue weighted by molar-refractivity contribution is 0.131. The molecular formula is C13H15NOS2. The molecule has 0 atom stereocenters. The van der Waals surface area contributed by atoms with Crippen LogP contribution in [-0.2, 0) is 0 Å². The summed E-state index contributed by atoms with van der Waals surface area (Å²) in [6.07, 6.45) is 0. The van der Waals surface area contributed by atoms with Gasteiger partial charge in [0.1, 0.15) is 11.4 Å². The van der Waals surface area contributed by atoms with Crippen LogP contribution in [0.1, 0.15) is 20.8 Å². The molecule has 0 radical (unpaired) electrons. The fourth-order valence-electron chi connectivity index (χ4n) is 1.48. The number of benzene rings is 1. The van der Waals surface area contributed by atoms with Crippen LogP contribution in [0.4, 0.5) is 0 Å². The zero-order valence-electron chi connectivity index (χ0n) is 10.1. The predicted molar refractivity (Wildman–Crippen MR) is 75.3 cm³/mol. The average molecular weight is 265 g/mol. The second-order valence-corrected chi connectivity index (χ2v) is 6.35. The average Bonchev–Trinajstić information content (AvgIpc) is 2.63. The molecule has 0 fully saturated rings. The van der Waals surface area contributed by atoms with E-state index in [1.165, 1.54) is 0 Å². The Labute approximate surface area is 110 Å². The number of ether oxygens (including phenoxy) is 1. The minimum Gasteiger partial charge on any atom is -0.488 e. The van der Waals surface area contributed by atoms with Crippen molar-refractivity contribution < 1.29 is 4.74 Å². The standard InChI is InChI=1S/C13H15NOS2/c1-13(2,3)15-10-6-4-9(5-7-10)11-8-17-12(16)14-11/h4-8H,1-3H3,(H,14,16). The summed E-state index contributed by atoms with van der Waals surface area (Å²) in [7, 11) is 0. The number of hydrogen-bond acceptors (Lipinski definition) is 3. The zero-order chi connectivity index (χ0) is 12.5. The second kappa shape index (κ2) is 4.63. The fraction of sp³-hybridized carbons (Fsp3) is 0.308. The lowest BCUT2D eigenvalue weighted by Crippen LogP contribution is -2.22. The van der Waals surface area contributed by atoms with Crippen molar-refractivity contribution in [2.75, 3.05) is 0 Å². The molecule has 0 bridgehead atoms. The Morgan fingerprint density at radius 1 is 1.18 bits per heavy atom. The van der Waals surface area contributed by atoms with Crippen LogP contribution in [0, 0.1) is 3.95 Å². The number of H-pyrrole nitrogens is 1. The van der Waals surface area contributed by atoms with Gasteiger partial charge in [0.15, 0.2) is 3.95 Å². The molecule has 0 spiro atoms. The molecule has 0 amide bonds. The highest BCUT2D eigenvalue weighted by Crippen LogP contribution is 2.24. The summed E-state index contributed by atoms with van der Waals surface area (Å²) in [5.41, 5.74) is 2.02. The van der Waals surface area contributed by atoms with Crippen molar-refractivity contribution in [1.82, 2.24) is 4.98 Å². The van der Waals surface area contributed by atoms with E-state index in [0.29, 0.717) is 0 Å². The number of rotatable bonds is 2. The third-order valence-electron chi connectivity index (χ3n) is 2.11. The SMILES string of the molecule is CC(C)(C)Oc1ccc(-c2csc(=S)[nH]2)cc1. The Bertz CT molecular complexity index is 546. The van der Waals surface area contributed by atoms with Gasteiger partial charge in [-0.3, -0.25) is 0 Å². The Balaban J connectivity index is 2.21. The fourth-order valence-corrected chi connectivity index (χ4v) is 2.32. The summed E-state index contributed by atoms with van der Waals surface area (Å²) in [5.74, 6) is 0.884. The highest BCUT2D eigenvalue weighted by molar-refractivity contribution is 7.73. The molecule has 1 heterocycles. The molecule has 0 saturated carbocycles. The Kier molecular flexibility index (Phi) is 3.35. The van der Waals surface area contributed by atoms with E-state index in [1.54, 1.807) is 11.3 Å². The maximum atomic E-state index is 5.77. The molecule has 2 aromatic rings. The molecule has 0 aliphatic rings. The number of nitrogens with one attached hydrogen (secondary N) is 1. The van der Waals surface area contributed by atoms with Crippen molar-refractivity contribution in [2.45, 2.75) is 26.4 Å². The van der Waals surface area contributed by atoms with Crippen molar-refractivity contribution in [3.8, 4) is 17.0 Å². The van der Waals surface area contributed by atoms with Gasteiger partial charge in [0, 0.05) is 5.38 Å². The van der Waals surface area contributed by atoms with Crippen LogP contribution >= 0.6 is 23.6 Å². The van der Waals surface area contributed by atoms with E-state index in [0.717, 1.165) is 21.0 Å². The predicted octanol–water partition coefficient (Wildman–Crippen LogP) is 4.65.